The molecule has 2 atom stereocenters. The van der Waals surface area contributed by atoms with E-state index >= 15 is 0 Å². The first kappa shape index (κ1) is 16.2. The van der Waals surface area contributed by atoms with Gasteiger partial charge in [0.2, 0.25) is 0 Å². The van der Waals surface area contributed by atoms with Crippen LogP contribution in [0.15, 0.2) is 12.4 Å². The number of rotatable bonds is 5. The Balaban J connectivity index is 2.27. The molecule has 0 radical (unpaired) electrons. The molecule has 0 spiro atoms. The first-order valence-corrected chi connectivity index (χ1v) is 7.00. The van der Waals surface area contributed by atoms with Crippen molar-refractivity contribution < 1.29 is 19.4 Å². The first-order chi connectivity index (χ1) is 10.3. The minimum Gasteiger partial charge on any atom is -0.479 e. The number of amides is 1. The van der Waals surface area contributed by atoms with Crippen LogP contribution in [0.3, 0.4) is 0 Å². The molecule has 1 amide bonds. The van der Waals surface area contributed by atoms with Gasteiger partial charge in [0.05, 0.1) is 6.10 Å². The largest absolute Gasteiger partial charge is 0.479 e. The summed E-state index contributed by atoms with van der Waals surface area (Å²) in [6, 6.07) is 0. The molecule has 1 aliphatic carbocycles. The molecule has 0 aromatic carbocycles. The molecule has 0 bridgehead atoms. The van der Waals surface area contributed by atoms with Gasteiger partial charge in [0.25, 0.3) is 5.91 Å². The summed E-state index contributed by atoms with van der Waals surface area (Å²) < 4.78 is 5.54. The highest BCUT2D eigenvalue weighted by molar-refractivity contribution is 6.00. The van der Waals surface area contributed by atoms with E-state index < -0.39 is 22.8 Å². The van der Waals surface area contributed by atoms with E-state index in [9.17, 15) is 14.7 Å². The van der Waals surface area contributed by atoms with Crippen LogP contribution in [0.5, 0.6) is 0 Å². The number of ether oxygens (including phenoxy) is 1. The van der Waals surface area contributed by atoms with E-state index in [1.54, 1.807) is 13.8 Å². The summed E-state index contributed by atoms with van der Waals surface area (Å²) in [4.78, 5) is 31.8. The number of anilines is 1. The molecule has 1 fully saturated rings. The van der Waals surface area contributed by atoms with Crippen molar-refractivity contribution in [1.82, 2.24) is 15.3 Å². The third-order valence-electron chi connectivity index (χ3n) is 4.40. The maximum absolute atomic E-state index is 12.3. The van der Waals surface area contributed by atoms with Crippen LogP contribution >= 0.6 is 0 Å². The van der Waals surface area contributed by atoms with Crippen LogP contribution in [-0.2, 0) is 9.53 Å². The lowest BCUT2D eigenvalue weighted by atomic mass is 9.54. The minimum atomic E-state index is -1.42. The second-order valence-electron chi connectivity index (χ2n) is 5.82. The molecule has 0 unspecified atom stereocenters. The average molecular weight is 308 g/mol. The fraction of sp³-hybridized carbons (Fsp3) is 0.571. The SMILES string of the molecule is CCO[C@@H]1C[C@@](NC(=O)c2nccnc2N)(C(=O)O)C1(C)C. The molecule has 22 heavy (non-hydrogen) atoms. The fourth-order valence-electron chi connectivity index (χ4n) is 2.81. The fourth-order valence-corrected chi connectivity index (χ4v) is 2.81. The molecular weight excluding hydrogens is 288 g/mol. The van der Waals surface area contributed by atoms with Gasteiger partial charge in [-0.25, -0.2) is 14.8 Å². The molecule has 120 valence electrons. The normalized spacial score (nSPS) is 26.0. The van der Waals surface area contributed by atoms with Crippen molar-refractivity contribution in [3.8, 4) is 0 Å². The zero-order valence-corrected chi connectivity index (χ0v) is 12.8. The molecule has 1 aromatic rings. The summed E-state index contributed by atoms with van der Waals surface area (Å²) in [5.41, 5.74) is 3.34. The van der Waals surface area contributed by atoms with Crippen molar-refractivity contribution in [2.45, 2.75) is 38.8 Å². The zero-order valence-electron chi connectivity index (χ0n) is 12.8. The summed E-state index contributed by atoms with van der Waals surface area (Å²) in [5, 5.41) is 12.2. The predicted molar refractivity (Wildman–Crippen MR) is 78.1 cm³/mol. The third kappa shape index (κ3) is 2.29. The van der Waals surface area contributed by atoms with Crippen LogP contribution in [0.2, 0.25) is 0 Å². The Morgan fingerprint density at radius 1 is 1.45 bits per heavy atom. The molecule has 0 aliphatic heterocycles. The number of carbonyl (C=O) groups is 2. The molecule has 8 heteroatoms. The highest BCUT2D eigenvalue weighted by Crippen LogP contribution is 2.51. The Morgan fingerprint density at radius 3 is 2.59 bits per heavy atom. The second-order valence-corrected chi connectivity index (χ2v) is 5.82. The summed E-state index contributed by atoms with van der Waals surface area (Å²) >= 11 is 0. The molecule has 1 aliphatic rings. The van der Waals surface area contributed by atoms with Gasteiger partial charge in [-0.1, -0.05) is 13.8 Å². The number of carboxylic acids is 1. The lowest BCUT2D eigenvalue weighted by molar-refractivity contribution is -0.190. The van der Waals surface area contributed by atoms with Gasteiger partial charge in [-0.2, -0.15) is 0 Å². The number of carboxylic acid groups (broad SMARTS) is 1. The van der Waals surface area contributed by atoms with Crippen molar-refractivity contribution in [2.24, 2.45) is 5.41 Å². The van der Waals surface area contributed by atoms with Crippen molar-refractivity contribution >= 4 is 17.7 Å². The molecule has 1 aromatic heterocycles. The minimum absolute atomic E-state index is 0.0426. The highest BCUT2D eigenvalue weighted by Gasteiger charge is 2.66. The number of carbonyl (C=O) groups excluding carboxylic acids is 1. The highest BCUT2D eigenvalue weighted by atomic mass is 16.5. The van der Waals surface area contributed by atoms with E-state index in [-0.39, 0.29) is 24.0 Å². The van der Waals surface area contributed by atoms with Crippen LogP contribution in [0, 0.1) is 5.41 Å². The lowest BCUT2D eigenvalue weighted by Crippen LogP contribution is -2.76. The van der Waals surface area contributed by atoms with Crippen LogP contribution < -0.4 is 11.1 Å². The Kier molecular flexibility index (Phi) is 4.06. The van der Waals surface area contributed by atoms with Gasteiger partial charge < -0.3 is 20.9 Å². The van der Waals surface area contributed by atoms with E-state index in [0.717, 1.165) is 0 Å². The van der Waals surface area contributed by atoms with Gasteiger partial charge >= 0.3 is 5.97 Å². The third-order valence-corrected chi connectivity index (χ3v) is 4.40. The number of aliphatic carboxylic acids is 1. The topological polar surface area (TPSA) is 127 Å². The number of nitrogens with zero attached hydrogens (tertiary/aromatic N) is 2. The monoisotopic (exact) mass is 308 g/mol. The van der Waals surface area contributed by atoms with Crippen LogP contribution in [-0.4, -0.2) is 45.2 Å². The maximum Gasteiger partial charge on any atom is 0.330 e. The van der Waals surface area contributed by atoms with Gasteiger partial charge in [0, 0.05) is 30.8 Å². The number of nitrogens with two attached hydrogens (primary N) is 1. The Hall–Kier alpha value is -2.22. The van der Waals surface area contributed by atoms with Crippen LogP contribution in [0.4, 0.5) is 5.82 Å². The van der Waals surface area contributed by atoms with Gasteiger partial charge in [-0.3, -0.25) is 4.79 Å². The number of hydrogen-bond acceptors (Lipinski definition) is 6. The number of nitrogen functional groups attached to an aromatic ring is 1. The summed E-state index contributed by atoms with van der Waals surface area (Å²) in [6.07, 6.45) is 2.63. The van der Waals surface area contributed by atoms with E-state index in [1.165, 1.54) is 12.4 Å². The van der Waals surface area contributed by atoms with Gasteiger partial charge in [-0.05, 0) is 6.92 Å². The van der Waals surface area contributed by atoms with Crippen molar-refractivity contribution in [3.05, 3.63) is 18.1 Å². The Bertz CT molecular complexity index is 604. The second kappa shape index (κ2) is 5.53. The smallest absolute Gasteiger partial charge is 0.330 e. The lowest BCUT2D eigenvalue weighted by Gasteiger charge is -2.58. The Morgan fingerprint density at radius 2 is 2.09 bits per heavy atom. The van der Waals surface area contributed by atoms with Crippen molar-refractivity contribution in [1.29, 1.82) is 0 Å². The van der Waals surface area contributed by atoms with E-state index in [2.05, 4.69) is 15.3 Å². The summed E-state index contributed by atoms with van der Waals surface area (Å²) in [5.74, 6) is -1.81. The molecule has 2 rings (SSSR count). The first-order valence-electron chi connectivity index (χ1n) is 7.00. The summed E-state index contributed by atoms with van der Waals surface area (Å²) in [7, 11) is 0. The quantitative estimate of drug-likeness (QED) is 0.720. The van der Waals surface area contributed by atoms with Crippen molar-refractivity contribution in [2.75, 3.05) is 12.3 Å². The number of hydrogen-bond donors (Lipinski definition) is 3. The molecule has 1 heterocycles. The van der Waals surface area contributed by atoms with E-state index in [0.29, 0.717) is 6.61 Å². The predicted octanol–water partition coefficient (Wildman–Crippen LogP) is 0.447. The zero-order chi connectivity index (χ0) is 16.5. The standard InChI is InChI=1S/C14H20N4O4/c1-4-22-8-7-14(12(20)21,13(8,2)3)18-11(19)9-10(15)17-6-5-16-9/h5-6,8H,4,7H2,1-3H3,(H2,15,17)(H,18,19)(H,20,21)/t8-,14-/m1/s1. The van der Waals surface area contributed by atoms with Crippen LogP contribution in [0.1, 0.15) is 37.7 Å². The molecular formula is C14H20N4O4. The molecule has 4 N–H and O–H groups in total. The van der Waals surface area contributed by atoms with Gasteiger partial charge in [0.1, 0.15) is 5.54 Å². The number of nitrogens with one attached hydrogen (secondary N) is 1. The number of aromatic nitrogens is 2. The average Bonchev–Trinajstić information content (AvgIpc) is 2.45. The summed E-state index contributed by atoms with van der Waals surface area (Å²) in [6.45, 7) is 5.83. The maximum atomic E-state index is 12.3. The van der Waals surface area contributed by atoms with E-state index in [1.807, 2.05) is 6.92 Å². The van der Waals surface area contributed by atoms with Crippen molar-refractivity contribution in [3.63, 3.8) is 0 Å². The van der Waals surface area contributed by atoms with Gasteiger partial charge in [-0.15, -0.1) is 0 Å². The van der Waals surface area contributed by atoms with E-state index in [4.69, 9.17) is 10.5 Å². The van der Waals surface area contributed by atoms with Crippen LogP contribution in [0.25, 0.3) is 0 Å². The Labute approximate surface area is 128 Å². The molecule has 0 saturated heterocycles. The molecule has 8 nitrogen and oxygen atoms in total. The van der Waals surface area contributed by atoms with Gasteiger partial charge in [0.15, 0.2) is 11.5 Å². The molecule has 1 saturated carbocycles.